The highest BCUT2D eigenvalue weighted by Crippen LogP contribution is 2.44. The fourth-order valence-electron chi connectivity index (χ4n) is 3.41. The van der Waals surface area contributed by atoms with Crippen molar-refractivity contribution in [2.45, 2.75) is 38.5 Å². The Labute approximate surface area is 112 Å². The van der Waals surface area contributed by atoms with Crippen molar-refractivity contribution in [1.82, 2.24) is 0 Å². The first-order valence-electron chi connectivity index (χ1n) is 6.78. The largest absolute Gasteiger partial charge is 0.370 e. The van der Waals surface area contributed by atoms with Gasteiger partial charge in [0.15, 0.2) is 0 Å². The van der Waals surface area contributed by atoms with Crippen LogP contribution >= 0.6 is 15.9 Å². The Kier molecular flexibility index (Phi) is 3.16. The number of anilines is 1. The first-order chi connectivity index (χ1) is 8.27. The van der Waals surface area contributed by atoms with Gasteiger partial charge >= 0.3 is 0 Å². The van der Waals surface area contributed by atoms with Crippen LogP contribution in [0.3, 0.4) is 0 Å². The molecule has 2 fully saturated rings. The standard InChI is InChI=1S/C15H20BrN/c16-13-6-5-7-14(10-13)17-11-15(12-17)8-3-1-2-4-9-15/h5-7,10H,1-4,8-9,11-12H2. The molecule has 1 heterocycles. The molecule has 0 atom stereocenters. The molecule has 2 aliphatic rings. The molecule has 0 amide bonds. The van der Waals surface area contributed by atoms with Crippen molar-refractivity contribution in [1.29, 1.82) is 0 Å². The van der Waals surface area contributed by atoms with Crippen LogP contribution in [0.2, 0.25) is 0 Å². The summed E-state index contributed by atoms with van der Waals surface area (Å²) in [5, 5.41) is 0. The van der Waals surface area contributed by atoms with Gasteiger partial charge in [-0.2, -0.15) is 0 Å². The molecule has 0 unspecified atom stereocenters. The van der Waals surface area contributed by atoms with Crippen LogP contribution in [0.4, 0.5) is 5.69 Å². The minimum Gasteiger partial charge on any atom is -0.370 e. The van der Waals surface area contributed by atoms with Crippen LogP contribution in [0.25, 0.3) is 0 Å². The monoisotopic (exact) mass is 293 g/mol. The Balaban J connectivity index is 1.67. The van der Waals surface area contributed by atoms with Crippen LogP contribution in [0.1, 0.15) is 38.5 Å². The second-order valence-electron chi connectivity index (χ2n) is 5.75. The van der Waals surface area contributed by atoms with Crippen LogP contribution in [0.15, 0.2) is 28.7 Å². The van der Waals surface area contributed by atoms with Crippen LogP contribution in [-0.4, -0.2) is 13.1 Å². The number of nitrogens with zero attached hydrogens (tertiary/aromatic N) is 1. The van der Waals surface area contributed by atoms with E-state index < -0.39 is 0 Å². The molecule has 3 rings (SSSR count). The molecule has 1 nitrogen and oxygen atoms in total. The molecular weight excluding hydrogens is 274 g/mol. The third kappa shape index (κ3) is 2.37. The summed E-state index contributed by atoms with van der Waals surface area (Å²) in [7, 11) is 0. The molecule has 0 aromatic heterocycles. The lowest BCUT2D eigenvalue weighted by molar-refractivity contribution is 0.180. The summed E-state index contributed by atoms with van der Waals surface area (Å²) >= 11 is 3.56. The Morgan fingerprint density at radius 3 is 2.35 bits per heavy atom. The van der Waals surface area contributed by atoms with Crippen LogP contribution in [0.5, 0.6) is 0 Å². The SMILES string of the molecule is Brc1cccc(N2CC3(CCCCCC3)C2)c1. The van der Waals surface area contributed by atoms with Gasteiger partial charge in [-0.15, -0.1) is 0 Å². The molecule has 0 N–H and O–H groups in total. The maximum Gasteiger partial charge on any atom is 0.0377 e. The van der Waals surface area contributed by atoms with Gasteiger partial charge in [-0.3, -0.25) is 0 Å². The molecule has 1 saturated heterocycles. The van der Waals surface area contributed by atoms with Crippen molar-refractivity contribution in [3.05, 3.63) is 28.7 Å². The quantitative estimate of drug-likeness (QED) is 0.731. The fourth-order valence-corrected chi connectivity index (χ4v) is 3.80. The zero-order valence-electron chi connectivity index (χ0n) is 10.3. The van der Waals surface area contributed by atoms with Gasteiger partial charge in [-0.05, 0) is 31.0 Å². The zero-order chi connectivity index (χ0) is 11.7. The highest BCUT2D eigenvalue weighted by atomic mass is 79.9. The lowest BCUT2D eigenvalue weighted by Gasteiger charge is -2.51. The van der Waals surface area contributed by atoms with Crippen molar-refractivity contribution >= 4 is 21.6 Å². The van der Waals surface area contributed by atoms with Gasteiger partial charge in [0.25, 0.3) is 0 Å². The van der Waals surface area contributed by atoms with E-state index in [1.54, 1.807) is 0 Å². The first-order valence-corrected chi connectivity index (χ1v) is 7.57. The molecule has 2 heteroatoms. The molecule has 0 bridgehead atoms. The summed E-state index contributed by atoms with van der Waals surface area (Å²) in [6, 6.07) is 8.71. The van der Waals surface area contributed by atoms with E-state index in [4.69, 9.17) is 0 Å². The van der Waals surface area contributed by atoms with E-state index in [9.17, 15) is 0 Å². The highest BCUT2D eigenvalue weighted by molar-refractivity contribution is 9.10. The molecule has 92 valence electrons. The molecule has 1 saturated carbocycles. The van der Waals surface area contributed by atoms with Crippen molar-refractivity contribution in [2.24, 2.45) is 5.41 Å². The lowest BCUT2D eigenvalue weighted by atomic mass is 9.73. The van der Waals surface area contributed by atoms with Gasteiger partial charge in [0.05, 0.1) is 0 Å². The van der Waals surface area contributed by atoms with E-state index >= 15 is 0 Å². The zero-order valence-corrected chi connectivity index (χ0v) is 11.9. The molecule has 1 aromatic carbocycles. The summed E-state index contributed by atoms with van der Waals surface area (Å²) in [6.07, 6.45) is 8.73. The second-order valence-corrected chi connectivity index (χ2v) is 6.67. The molecule has 1 spiro atoms. The van der Waals surface area contributed by atoms with Gasteiger partial charge < -0.3 is 4.90 Å². The second kappa shape index (κ2) is 4.64. The molecule has 0 radical (unpaired) electrons. The Morgan fingerprint density at radius 2 is 1.71 bits per heavy atom. The third-order valence-electron chi connectivity index (χ3n) is 4.39. The average molecular weight is 294 g/mol. The summed E-state index contributed by atoms with van der Waals surface area (Å²) < 4.78 is 1.19. The van der Waals surface area contributed by atoms with E-state index in [2.05, 4.69) is 45.1 Å². The molecule has 1 aromatic rings. The van der Waals surface area contributed by atoms with Gasteiger partial charge in [0, 0.05) is 28.7 Å². The normalized spacial score (nSPS) is 23.2. The van der Waals surface area contributed by atoms with E-state index in [1.807, 2.05) is 0 Å². The van der Waals surface area contributed by atoms with Gasteiger partial charge in [-0.1, -0.05) is 47.7 Å². The fraction of sp³-hybridized carbons (Fsp3) is 0.600. The van der Waals surface area contributed by atoms with Crippen molar-refractivity contribution in [2.75, 3.05) is 18.0 Å². The summed E-state index contributed by atoms with van der Waals surface area (Å²) in [4.78, 5) is 2.54. The molecular formula is C15H20BrN. The number of hydrogen-bond acceptors (Lipinski definition) is 1. The maximum absolute atomic E-state index is 3.56. The Morgan fingerprint density at radius 1 is 1.00 bits per heavy atom. The highest BCUT2D eigenvalue weighted by Gasteiger charge is 2.42. The summed E-state index contributed by atoms with van der Waals surface area (Å²) in [5.41, 5.74) is 2.05. The number of rotatable bonds is 1. The van der Waals surface area contributed by atoms with E-state index in [0.29, 0.717) is 5.41 Å². The average Bonchev–Trinajstić information content (AvgIpc) is 2.52. The number of halogens is 1. The van der Waals surface area contributed by atoms with Crippen molar-refractivity contribution < 1.29 is 0 Å². The topological polar surface area (TPSA) is 3.24 Å². The lowest BCUT2D eigenvalue weighted by Crippen LogP contribution is -2.56. The molecule has 1 aliphatic carbocycles. The van der Waals surface area contributed by atoms with Crippen molar-refractivity contribution in [3.63, 3.8) is 0 Å². The predicted octanol–water partition coefficient (Wildman–Crippen LogP) is 4.61. The minimum atomic E-state index is 0.665. The Hall–Kier alpha value is -0.500. The molecule has 17 heavy (non-hydrogen) atoms. The summed E-state index contributed by atoms with van der Waals surface area (Å²) in [5.74, 6) is 0. The van der Waals surface area contributed by atoms with Gasteiger partial charge in [0.1, 0.15) is 0 Å². The van der Waals surface area contributed by atoms with E-state index in [-0.39, 0.29) is 0 Å². The Bertz CT molecular complexity index is 386. The van der Waals surface area contributed by atoms with Gasteiger partial charge in [0.2, 0.25) is 0 Å². The van der Waals surface area contributed by atoms with Crippen LogP contribution in [0, 0.1) is 5.41 Å². The predicted molar refractivity (Wildman–Crippen MR) is 76.5 cm³/mol. The van der Waals surface area contributed by atoms with Crippen LogP contribution in [-0.2, 0) is 0 Å². The smallest absolute Gasteiger partial charge is 0.0377 e. The van der Waals surface area contributed by atoms with E-state index in [1.165, 1.54) is 61.8 Å². The maximum atomic E-state index is 3.56. The van der Waals surface area contributed by atoms with E-state index in [0.717, 1.165) is 0 Å². The third-order valence-corrected chi connectivity index (χ3v) is 4.88. The number of benzene rings is 1. The number of hydrogen-bond donors (Lipinski definition) is 0. The summed E-state index contributed by atoms with van der Waals surface area (Å²) in [6.45, 7) is 2.56. The van der Waals surface area contributed by atoms with Gasteiger partial charge in [-0.25, -0.2) is 0 Å². The first kappa shape index (κ1) is 11.6. The molecule has 1 aliphatic heterocycles. The van der Waals surface area contributed by atoms with Crippen LogP contribution < -0.4 is 4.90 Å². The van der Waals surface area contributed by atoms with Crippen molar-refractivity contribution in [3.8, 4) is 0 Å². The minimum absolute atomic E-state index is 0.665.